The van der Waals surface area contributed by atoms with Gasteiger partial charge in [-0.1, -0.05) is 12.1 Å². The highest BCUT2D eigenvalue weighted by molar-refractivity contribution is 6.03. The Morgan fingerprint density at radius 2 is 1.76 bits per heavy atom. The van der Waals surface area contributed by atoms with E-state index in [0.717, 1.165) is 54.1 Å². The Morgan fingerprint density at radius 1 is 1.00 bits per heavy atom. The zero-order valence-corrected chi connectivity index (χ0v) is 18.6. The Hall–Kier alpha value is -3.44. The lowest BCUT2D eigenvalue weighted by Crippen LogP contribution is -2.17. The van der Waals surface area contributed by atoms with Gasteiger partial charge in [0.15, 0.2) is 0 Å². The number of aromatic nitrogens is 1. The lowest BCUT2D eigenvalue weighted by molar-refractivity contribution is 0.0844. The molecule has 1 aromatic heterocycles. The van der Waals surface area contributed by atoms with E-state index in [1.165, 1.54) is 34.3 Å². The zero-order chi connectivity index (χ0) is 22.4. The van der Waals surface area contributed by atoms with E-state index in [1.54, 1.807) is 7.11 Å². The van der Waals surface area contributed by atoms with Gasteiger partial charge in [-0.25, -0.2) is 4.39 Å². The summed E-state index contributed by atoms with van der Waals surface area (Å²) in [5.74, 6) is 0.950. The summed E-state index contributed by atoms with van der Waals surface area (Å²) in [6, 6.07) is 19.6. The molecule has 2 aliphatic rings. The number of aliphatic imine (C=N–C) groups is 1. The van der Waals surface area contributed by atoms with E-state index in [9.17, 15) is 4.39 Å². The topological polar surface area (TPSA) is 35.8 Å². The van der Waals surface area contributed by atoms with Crippen molar-refractivity contribution in [2.24, 2.45) is 4.99 Å². The monoisotopic (exact) mass is 440 g/mol. The van der Waals surface area contributed by atoms with Crippen molar-refractivity contribution in [3.05, 3.63) is 83.3 Å². The van der Waals surface area contributed by atoms with E-state index in [4.69, 9.17) is 9.47 Å². The van der Waals surface area contributed by atoms with Crippen molar-refractivity contribution in [2.75, 3.05) is 20.3 Å². The lowest BCUT2D eigenvalue weighted by atomic mass is 9.89. The lowest BCUT2D eigenvalue weighted by Gasteiger charge is -2.26. The van der Waals surface area contributed by atoms with Crippen molar-refractivity contribution in [1.82, 2.24) is 4.57 Å². The van der Waals surface area contributed by atoms with Crippen LogP contribution in [0.3, 0.4) is 0 Å². The second-order valence-electron chi connectivity index (χ2n) is 8.73. The zero-order valence-electron chi connectivity index (χ0n) is 18.6. The van der Waals surface area contributed by atoms with Crippen molar-refractivity contribution in [1.29, 1.82) is 0 Å². The standard InChI is InChI=1S/C28H25FN2O2/c1-32-24-8-2-18(3-9-24)27-25-14-20-16-30-17-21(20)15-26(25)31(23-6-4-22(29)5-7-23)28(27)19-10-12-33-13-11-19/h2-9,14-15,17,19H,10-13,16H2,1H3. The van der Waals surface area contributed by atoms with E-state index >= 15 is 0 Å². The van der Waals surface area contributed by atoms with Crippen LogP contribution in [0.2, 0.25) is 0 Å². The molecule has 2 aliphatic heterocycles. The quantitative estimate of drug-likeness (QED) is 0.375. The fourth-order valence-corrected chi connectivity index (χ4v) is 5.20. The summed E-state index contributed by atoms with van der Waals surface area (Å²) in [5, 5.41) is 1.20. The van der Waals surface area contributed by atoms with E-state index in [1.807, 2.05) is 30.5 Å². The van der Waals surface area contributed by atoms with Gasteiger partial charge in [0.05, 0.1) is 19.2 Å². The summed E-state index contributed by atoms with van der Waals surface area (Å²) in [4.78, 5) is 4.49. The highest BCUT2D eigenvalue weighted by atomic mass is 19.1. The Labute approximate surface area is 192 Å². The average Bonchev–Trinajstić information content (AvgIpc) is 3.45. The third kappa shape index (κ3) is 3.44. The summed E-state index contributed by atoms with van der Waals surface area (Å²) in [6.45, 7) is 2.21. The first-order chi connectivity index (χ1) is 16.2. The van der Waals surface area contributed by atoms with Gasteiger partial charge >= 0.3 is 0 Å². The summed E-state index contributed by atoms with van der Waals surface area (Å²) >= 11 is 0. The molecule has 4 aromatic rings. The van der Waals surface area contributed by atoms with Crippen molar-refractivity contribution in [3.63, 3.8) is 0 Å². The van der Waals surface area contributed by atoms with Crippen molar-refractivity contribution in [3.8, 4) is 22.6 Å². The van der Waals surface area contributed by atoms with Crippen LogP contribution in [0.4, 0.5) is 4.39 Å². The molecule has 0 amide bonds. The average molecular weight is 441 g/mol. The predicted octanol–water partition coefficient (Wildman–Crippen LogP) is 6.27. The summed E-state index contributed by atoms with van der Waals surface area (Å²) in [7, 11) is 1.69. The van der Waals surface area contributed by atoms with Gasteiger partial charge in [-0.3, -0.25) is 4.99 Å². The maximum absolute atomic E-state index is 13.8. The first kappa shape index (κ1) is 20.2. The number of fused-ring (bicyclic) bond motifs is 2. The van der Waals surface area contributed by atoms with Gasteiger partial charge in [0, 0.05) is 47.7 Å². The van der Waals surface area contributed by atoms with E-state index in [-0.39, 0.29) is 5.82 Å². The molecule has 0 saturated carbocycles. The highest BCUT2D eigenvalue weighted by Gasteiger charge is 2.28. The minimum atomic E-state index is -0.230. The first-order valence-electron chi connectivity index (χ1n) is 11.4. The van der Waals surface area contributed by atoms with Crippen LogP contribution in [0, 0.1) is 5.82 Å². The molecule has 5 heteroatoms. The van der Waals surface area contributed by atoms with E-state index in [2.05, 4.69) is 33.8 Å². The van der Waals surface area contributed by atoms with Gasteiger partial charge < -0.3 is 14.0 Å². The van der Waals surface area contributed by atoms with Gasteiger partial charge in [0.25, 0.3) is 0 Å². The van der Waals surface area contributed by atoms with Crippen LogP contribution in [0.25, 0.3) is 27.7 Å². The number of rotatable bonds is 4. The fourth-order valence-electron chi connectivity index (χ4n) is 5.20. The van der Waals surface area contributed by atoms with E-state index < -0.39 is 0 Å². The van der Waals surface area contributed by atoms with Gasteiger partial charge in [0.1, 0.15) is 11.6 Å². The van der Waals surface area contributed by atoms with E-state index in [0.29, 0.717) is 12.5 Å². The first-order valence-corrected chi connectivity index (χ1v) is 11.4. The summed E-state index contributed by atoms with van der Waals surface area (Å²) in [5.41, 5.74) is 8.15. The van der Waals surface area contributed by atoms with Crippen LogP contribution in [0.5, 0.6) is 5.75 Å². The molecular formula is C28H25FN2O2. The second kappa shape index (κ2) is 8.16. The molecule has 1 fully saturated rings. The van der Waals surface area contributed by atoms with Crippen LogP contribution in [0.15, 0.2) is 65.7 Å². The Kier molecular flexibility index (Phi) is 4.99. The number of benzene rings is 3. The number of ether oxygens (including phenoxy) is 2. The molecular weight excluding hydrogens is 415 g/mol. The number of hydrogen-bond acceptors (Lipinski definition) is 3. The van der Waals surface area contributed by atoms with Gasteiger partial charge in [0.2, 0.25) is 0 Å². The van der Waals surface area contributed by atoms with Crippen LogP contribution < -0.4 is 4.74 Å². The molecule has 0 atom stereocenters. The largest absolute Gasteiger partial charge is 0.497 e. The SMILES string of the molecule is COc1ccc(-c2c(C3CCOCC3)n(-c3ccc(F)cc3)c3cc4c(cc23)CN=C4)cc1. The van der Waals surface area contributed by atoms with Crippen LogP contribution in [-0.4, -0.2) is 31.1 Å². The van der Waals surface area contributed by atoms with Crippen molar-refractivity contribution >= 4 is 17.1 Å². The molecule has 0 spiro atoms. The minimum absolute atomic E-state index is 0.230. The second-order valence-corrected chi connectivity index (χ2v) is 8.73. The van der Waals surface area contributed by atoms with Crippen LogP contribution >= 0.6 is 0 Å². The fraction of sp³-hybridized carbons (Fsp3) is 0.250. The Bertz CT molecular complexity index is 1350. The molecule has 4 nitrogen and oxygen atoms in total. The molecule has 33 heavy (non-hydrogen) atoms. The van der Waals surface area contributed by atoms with Gasteiger partial charge in [-0.15, -0.1) is 0 Å². The Morgan fingerprint density at radius 3 is 2.48 bits per heavy atom. The minimum Gasteiger partial charge on any atom is -0.497 e. The summed E-state index contributed by atoms with van der Waals surface area (Å²) in [6.07, 6.45) is 3.88. The molecule has 1 saturated heterocycles. The maximum Gasteiger partial charge on any atom is 0.123 e. The van der Waals surface area contributed by atoms with Gasteiger partial charge in [-0.05, 0) is 78.1 Å². The number of halogens is 1. The maximum atomic E-state index is 13.8. The number of nitrogens with zero attached hydrogens (tertiary/aromatic N) is 2. The summed E-state index contributed by atoms with van der Waals surface area (Å²) < 4.78 is 27.3. The normalized spacial score (nSPS) is 15.8. The third-order valence-electron chi connectivity index (χ3n) is 6.83. The number of hydrogen-bond donors (Lipinski definition) is 0. The molecule has 0 unspecified atom stereocenters. The molecule has 3 aromatic carbocycles. The third-order valence-corrected chi connectivity index (χ3v) is 6.83. The van der Waals surface area contributed by atoms with Crippen LogP contribution in [-0.2, 0) is 11.3 Å². The molecule has 6 rings (SSSR count). The molecule has 166 valence electrons. The predicted molar refractivity (Wildman–Crippen MR) is 129 cm³/mol. The molecule has 3 heterocycles. The molecule has 0 radical (unpaired) electrons. The molecule has 0 bridgehead atoms. The smallest absolute Gasteiger partial charge is 0.123 e. The molecule has 0 N–H and O–H groups in total. The Balaban J connectivity index is 1.69. The van der Waals surface area contributed by atoms with Crippen molar-refractivity contribution < 1.29 is 13.9 Å². The van der Waals surface area contributed by atoms with Crippen molar-refractivity contribution in [2.45, 2.75) is 25.3 Å². The van der Waals surface area contributed by atoms with Gasteiger partial charge in [-0.2, -0.15) is 0 Å². The number of methoxy groups -OCH3 is 1. The highest BCUT2D eigenvalue weighted by Crippen LogP contribution is 2.44. The van der Waals surface area contributed by atoms with Crippen LogP contribution in [0.1, 0.15) is 35.6 Å². The molecule has 0 aliphatic carbocycles.